The molecule has 12 heteroatoms. The van der Waals surface area contributed by atoms with Crippen molar-refractivity contribution in [2.45, 2.75) is 24.2 Å². The van der Waals surface area contributed by atoms with Crippen LogP contribution in [0.3, 0.4) is 0 Å². The lowest BCUT2D eigenvalue weighted by molar-refractivity contribution is -0.138. The van der Waals surface area contributed by atoms with Crippen molar-refractivity contribution >= 4 is 64.3 Å². The number of allylic oxidation sites excluding steroid dienone is 2. The van der Waals surface area contributed by atoms with Crippen LogP contribution in [-0.2, 0) is 24.6 Å². The first-order chi connectivity index (χ1) is 26.6. The molecule has 10 nitrogen and oxygen atoms in total. The molecule has 4 aromatic carbocycles. The van der Waals surface area contributed by atoms with Gasteiger partial charge in [0.1, 0.15) is 18.1 Å². The number of carbonyl (C=O) groups is 4. The van der Waals surface area contributed by atoms with Gasteiger partial charge in [-0.05, 0) is 90.0 Å². The molecular weight excluding hydrogens is 741 g/mol. The summed E-state index contributed by atoms with van der Waals surface area (Å²) in [7, 11) is 1.55. The van der Waals surface area contributed by atoms with Gasteiger partial charge in [0.2, 0.25) is 11.8 Å². The number of ether oxygens (including phenoxy) is 2. The van der Waals surface area contributed by atoms with Gasteiger partial charge >= 0.3 is 0 Å². The van der Waals surface area contributed by atoms with Gasteiger partial charge in [-0.15, -0.1) is 0 Å². The van der Waals surface area contributed by atoms with Crippen LogP contribution in [0, 0.1) is 23.7 Å². The Kier molecular flexibility index (Phi) is 9.53. The van der Waals surface area contributed by atoms with E-state index in [2.05, 4.69) is 12.0 Å². The molecule has 6 unspecified atom stereocenters. The summed E-state index contributed by atoms with van der Waals surface area (Å²) >= 11 is 12.7. The van der Waals surface area contributed by atoms with Crippen LogP contribution >= 0.6 is 23.2 Å². The smallest absolute Gasteiger partial charge is 0.260 e. The molecule has 2 aliphatic carbocycles. The molecular formula is C43H37Cl2N3O7. The van der Waals surface area contributed by atoms with Crippen molar-refractivity contribution < 1.29 is 33.8 Å². The van der Waals surface area contributed by atoms with Gasteiger partial charge in [0.25, 0.3) is 11.8 Å². The minimum atomic E-state index is -1.50. The highest BCUT2D eigenvalue weighted by molar-refractivity contribution is 6.36. The lowest BCUT2D eigenvalue weighted by Gasteiger charge is -2.50. The van der Waals surface area contributed by atoms with E-state index in [0.717, 1.165) is 16.1 Å². The number of benzene rings is 4. The Hall–Kier alpha value is -5.42. The minimum Gasteiger partial charge on any atom is -0.497 e. The van der Waals surface area contributed by atoms with E-state index >= 15 is 4.79 Å². The zero-order valence-corrected chi connectivity index (χ0v) is 31.3. The molecule has 8 rings (SSSR count). The van der Waals surface area contributed by atoms with Gasteiger partial charge in [0.15, 0.2) is 0 Å². The van der Waals surface area contributed by atoms with E-state index in [1.807, 2.05) is 30.3 Å². The Morgan fingerprint density at radius 2 is 1.60 bits per heavy atom. The third-order valence-electron chi connectivity index (χ3n) is 11.5. The Balaban J connectivity index is 1.30. The maximum atomic E-state index is 15.4. The molecule has 0 radical (unpaired) electrons. The highest BCUT2D eigenvalue weighted by atomic mass is 35.5. The first-order valence-corrected chi connectivity index (χ1v) is 18.8. The second-order valence-electron chi connectivity index (χ2n) is 14.2. The number of halogens is 2. The van der Waals surface area contributed by atoms with Crippen LogP contribution in [0.5, 0.6) is 11.5 Å². The lowest BCUT2D eigenvalue weighted by atomic mass is 9.49. The van der Waals surface area contributed by atoms with Crippen LogP contribution in [-0.4, -0.2) is 54.1 Å². The molecule has 2 saturated heterocycles. The number of nitrogens with one attached hydrogen (secondary N) is 1. The molecule has 2 aliphatic heterocycles. The third-order valence-corrected chi connectivity index (χ3v) is 12.1. The van der Waals surface area contributed by atoms with Crippen LogP contribution in [0.2, 0.25) is 10.0 Å². The predicted octanol–water partition coefficient (Wildman–Crippen LogP) is 7.21. The van der Waals surface area contributed by atoms with Gasteiger partial charge in [-0.2, -0.15) is 5.01 Å². The van der Waals surface area contributed by atoms with E-state index < -0.39 is 46.8 Å². The Bertz CT molecular complexity index is 2240. The fourth-order valence-corrected chi connectivity index (χ4v) is 9.60. The zero-order chi connectivity index (χ0) is 38.6. The topological polar surface area (TPSA) is 125 Å². The van der Waals surface area contributed by atoms with Crippen LogP contribution in [0.25, 0.3) is 6.08 Å². The molecule has 55 heavy (non-hydrogen) atoms. The second kappa shape index (κ2) is 14.3. The van der Waals surface area contributed by atoms with Crippen molar-refractivity contribution in [2.75, 3.05) is 30.6 Å². The molecule has 1 saturated carbocycles. The summed E-state index contributed by atoms with van der Waals surface area (Å²) in [5, 5.41) is 11.0. The van der Waals surface area contributed by atoms with Gasteiger partial charge in [-0.3, -0.25) is 29.5 Å². The third kappa shape index (κ3) is 5.82. The van der Waals surface area contributed by atoms with Crippen molar-refractivity contribution in [3.63, 3.8) is 0 Å². The maximum Gasteiger partial charge on any atom is 0.260 e. The summed E-state index contributed by atoms with van der Waals surface area (Å²) < 4.78 is 11.2. The highest BCUT2D eigenvalue weighted by Gasteiger charge is 2.70. The van der Waals surface area contributed by atoms with Crippen molar-refractivity contribution in [3.8, 4) is 11.5 Å². The average molecular weight is 779 g/mol. The van der Waals surface area contributed by atoms with Crippen molar-refractivity contribution in [1.82, 2.24) is 5.01 Å². The lowest BCUT2D eigenvalue weighted by Crippen LogP contribution is -2.53. The van der Waals surface area contributed by atoms with Crippen LogP contribution < -0.4 is 19.8 Å². The largest absolute Gasteiger partial charge is 0.497 e. The van der Waals surface area contributed by atoms with E-state index in [0.29, 0.717) is 39.0 Å². The summed E-state index contributed by atoms with van der Waals surface area (Å²) in [5.41, 5.74) is 5.27. The summed E-state index contributed by atoms with van der Waals surface area (Å²) in [4.78, 5) is 60.4. The summed E-state index contributed by atoms with van der Waals surface area (Å²) in [5.74, 6) is -4.18. The maximum absolute atomic E-state index is 15.4. The molecule has 4 amide bonds. The van der Waals surface area contributed by atoms with Crippen LogP contribution in [0.1, 0.15) is 35.4 Å². The summed E-state index contributed by atoms with van der Waals surface area (Å²) in [6.45, 7) is 3.74. The normalized spacial score (nSPS) is 25.6. The molecule has 0 aromatic heterocycles. The quantitative estimate of drug-likeness (QED) is 0.128. The molecule has 0 spiro atoms. The second-order valence-corrected chi connectivity index (χ2v) is 15.0. The number of methoxy groups -OCH3 is 1. The van der Waals surface area contributed by atoms with Gasteiger partial charge < -0.3 is 14.6 Å². The number of aliphatic hydroxyl groups excluding tert-OH is 1. The number of anilines is 2. The summed E-state index contributed by atoms with van der Waals surface area (Å²) in [6, 6.07) is 26.2. The molecule has 4 aliphatic rings. The average Bonchev–Trinajstić information content (AvgIpc) is 3.58. The van der Waals surface area contributed by atoms with Gasteiger partial charge in [0, 0.05) is 10.9 Å². The zero-order valence-electron chi connectivity index (χ0n) is 29.8. The predicted molar refractivity (Wildman–Crippen MR) is 209 cm³/mol. The number of nitrogens with zero attached hydrogens (tertiary/aromatic N) is 2. The summed E-state index contributed by atoms with van der Waals surface area (Å²) in [6.07, 6.45) is 4.11. The van der Waals surface area contributed by atoms with E-state index in [1.165, 1.54) is 11.0 Å². The Morgan fingerprint density at radius 1 is 0.891 bits per heavy atom. The number of hydrazine groups is 1. The molecule has 6 atom stereocenters. The minimum absolute atomic E-state index is 0.0980. The van der Waals surface area contributed by atoms with Crippen molar-refractivity contribution in [1.29, 1.82) is 0 Å². The van der Waals surface area contributed by atoms with Crippen molar-refractivity contribution in [2.24, 2.45) is 23.7 Å². The SMILES string of the molecule is C=Cc1ccc(N2C(=O)C3CC=C4C(CC5C(=O)N(Nc6ccc(Cl)cc6Cl)C(=O)C5(c5ccc(OC)cc5)C4c4ccc(OCCO)cc4)C3C2=O)cc1. The molecule has 0 bridgehead atoms. The molecule has 3 fully saturated rings. The van der Waals surface area contributed by atoms with Gasteiger partial charge in [0.05, 0.1) is 53.3 Å². The van der Waals surface area contributed by atoms with Crippen LogP contribution in [0.15, 0.2) is 109 Å². The van der Waals surface area contributed by atoms with Crippen LogP contribution in [0.4, 0.5) is 11.4 Å². The molecule has 2 N–H and O–H groups in total. The number of hydrogen-bond acceptors (Lipinski definition) is 8. The molecule has 2 heterocycles. The number of carbonyl (C=O) groups excluding carboxylic acids is 4. The molecule has 4 aromatic rings. The number of rotatable bonds is 10. The number of aliphatic hydroxyl groups is 1. The van der Waals surface area contributed by atoms with E-state index in [4.69, 9.17) is 32.7 Å². The standard InChI is InChI=1S/C43H37Cl2N3O7/c1-3-24-4-11-28(12-5-24)47-39(50)32-18-17-31-33(37(32)41(47)52)23-34-40(51)48(46-36-19-10-27(44)22-35(36)45)42(53)43(34,26-8-15-29(54-2)16-9-26)38(31)25-6-13-30(14-7-25)55-21-20-49/h3-17,19,22,32-34,37-38,46,49H,1,18,20-21,23H2,2H3. The molecule has 280 valence electrons. The number of hydrogen-bond donors (Lipinski definition) is 2. The van der Waals surface area contributed by atoms with Gasteiger partial charge in [-0.25, -0.2) is 0 Å². The highest BCUT2D eigenvalue weighted by Crippen LogP contribution is 2.64. The Labute approximate surface area is 327 Å². The van der Waals surface area contributed by atoms with E-state index in [9.17, 15) is 19.5 Å². The number of fused-ring (bicyclic) bond motifs is 4. The monoisotopic (exact) mass is 777 g/mol. The fourth-order valence-electron chi connectivity index (χ4n) is 9.15. The van der Waals surface area contributed by atoms with Gasteiger partial charge in [-0.1, -0.05) is 83.9 Å². The van der Waals surface area contributed by atoms with E-state index in [1.54, 1.807) is 73.8 Å². The first-order valence-electron chi connectivity index (χ1n) is 18.0. The van der Waals surface area contributed by atoms with E-state index in [-0.39, 0.29) is 42.9 Å². The Morgan fingerprint density at radius 3 is 2.25 bits per heavy atom. The number of imide groups is 2. The number of amides is 4. The first kappa shape index (κ1) is 36.6. The van der Waals surface area contributed by atoms with Crippen molar-refractivity contribution in [3.05, 3.63) is 136 Å². The fraction of sp³-hybridized carbons (Fsp3) is 0.256.